The first-order chi connectivity index (χ1) is 39.7. The van der Waals surface area contributed by atoms with Gasteiger partial charge in [0.15, 0.2) is 5.69 Å². The number of H-pyrrole nitrogens is 2. The maximum absolute atomic E-state index is 14.4. The number of cyclic esters (lactones) is 4. The fourth-order valence-corrected chi connectivity index (χ4v) is 10.5. The highest BCUT2D eigenvalue weighted by Gasteiger charge is 2.33. The van der Waals surface area contributed by atoms with Crippen LogP contribution in [0.2, 0.25) is 0 Å². The molecule has 3 aromatic heterocycles. The second-order valence-electron chi connectivity index (χ2n) is 18.8. The van der Waals surface area contributed by atoms with Gasteiger partial charge in [0.25, 0.3) is 5.70 Å². The number of carbonyl (C=O) groups is 4. The fraction of sp³-hybridized carbons (Fsp3) is 0.129. The number of rotatable bonds is 1. The SMILES string of the molecule is O=C1OCCOc2ccccc2-c2c3nc(c4c5ccc([nH]5)c5c6nc(c(c7ccc2[nH]7)-c2ccccc2OCCOC(=O)c2cc(c(cc21)C(=O)OCCOc1ccccc1-4)C(=O)OCCOc1ccccc1-5)C=C6[N+](=O)[O-])C=C3. The van der Waals surface area contributed by atoms with Crippen molar-refractivity contribution < 1.29 is 62.0 Å². The predicted molar refractivity (Wildman–Crippen MR) is 296 cm³/mol. The molecule has 0 amide bonds. The number of para-hydroxylation sites is 4. The highest BCUT2D eigenvalue weighted by molar-refractivity contribution is 6.11. The lowest BCUT2D eigenvalue weighted by Gasteiger charge is -2.17. The van der Waals surface area contributed by atoms with E-state index in [9.17, 15) is 29.3 Å². The van der Waals surface area contributed by atoms with Gasteiger partial charge in [0.1, 0.15) is 75.9 Å². The van der Waals surface area contributed by atoms with E-state index in [1.807, 2.05) is 54.6 Å². The minimum absolute atomic E-state index is 0.0262. The molecule has 0 unspecified atom stereocenters. The van der Waals surface area contributed by atoms with Crippen LogP contribution in [0.25, 0.3) is 90.5 Å². The van der Waals surface area contributed by atoms with Crippen molar-refractivity contribution in [1.29, 1.82) is 0 Å². The number of aromatic amines is 2. The summed E-state index contributed by atoms with van der Waals surface area (Å²) < 4.78 is 48.8. The number of nitro groups is 1. The van der Waals surface area contributed by atoms with Gasteiger partial charge in [-0.05, 0) is 72.8 Å². The molecular weight excluding hydrogens is 1040 g/mol. The van der Waals surface area contributed by atoms with Gasteiger partial charge in [-0.25, -0.2) is 29.1 Å². The Bertz CT molecular complexity index is 4230. The molecule has 5 aromatic carbocycles. The molecular formula is C62H43N5O14. The Balaban J connectivity index is 1.23. The third kappa shape index (κ3) is 9.20. The van der Waals surface area contributed by atoms with E-state index in [0.717, 1.165) is 12.1 Å². The molecule has 12 rings (SSSR count). The Hall–Kier alpha value is -10.8. The summed E-state index contributed by atoms with van der Waals surface area (Å²) in [5.41, 5.74) is 4.78. The van der Waals surface area contributed by atoms with Crippen molar-refractivity contribution in [1.82, 2.24) is 19.9 Å². The minimum atomic E-state index is -1.09. The summed E-state index contributed by atoms with van der Waals surface area (Å²) in [6, 6.07) is 37.8. The number of benzene rings is 5. The molecule has 7 heterocycles. The zero-order chi connectivity index (χ0) is 55.1. The van der Waals surface area contributed by atoms with Gasteiger partial charge < -0.3 is 47.9 Å². The molecule has 0 atom stereocenters. The molecule has 2 N–H and O–H groups in total. The second kappa shape index (κ2) is 20.9. The Labute approximate surface area is 459 Å². The molecule has 0 fully saturated rings. The van der Waals surface area contributed by atoms with E-state index < -0.39 is 64.3 Å². The molecule has 400 valence electrons. The van der Waals surface area contributed by atoms with Crippen LogP contribution < -0.4 is 18.9 Å². The summed E-state index contributed by atoms with van der Waals surface area (Å²) in [6.45, 7) is -2.47. The van der Waals surface area contributed by atoms with Gasteiger partial charge in [0.05, 0.1) is 44.3 Å². The van der Waals surface area contributed by atoms with Crippen molar-refractivity contribution in [3.63, 3.8) is 0 Å². The average molecular weight is 1080 g/mol. The summed E-state index contributed by atoms with van der Waals surface area (Å²) in [5, 5.41) is 13.7. The van der Waals surface area contributed by atoms with Gasteiger partial charge in [0.2, 0.25) is 0 Å². The van der Waals surface area contributed by atoms with E-state index in [1.165, 1.54) is 6.08 Å². The molecule has 0 aliphatic carbocycles. The maximum atomic E-state index is 14.4. The number of nitrogens with one attached hydrogen (secondary N) is 2. The molecule has 0 radical (unpaired) electrons. The number of hydrogen-bond acceptors (Lipinski definition) is 16. The van der Waals surface area contributed by atoms with Crippen molar-refractivity contribution in [2.24, 2.45) is 0 Å². The van der Waals surface area contributed by atoms with Crippen molar-refractivity contribution >= 4 is 69.9 Å². The molecule has 0 saturated heterocycles. The molecule has 0 spiro atoms. The van der Waals surface area contributed by atoms with Gasteiger partial charge in [-0.1, -0.05) is 72.8 Å². The van der Waals surface area contributed by atoms with Gasteiger partial charge in [-0.3, -0.25) is 10.1 Å². The van der Waals surface area contributed by atoms with Crippen LogP contribution in [0.5, 0.6) is 23.0 Å². The second-order valence-corrected chi connectivity index (χ2v) is 18.8. The van der Waals surface area contributed by atoms with Crippen LogP contribution in [0.1, 0.15) is 64.2 Å². The van der Waals surface area contributed by atoms with Crippen molar-refractivity contribution in [2.75, 3.05) is 52.9 Å². The van der Waals surface area contributed by atoms with Crippen LogP contribution in [-0.4, -0.2) is 102 Å². The van der Waals surface area contributed by atoms with E-state index in [1.54, 1.807) is 78.9 Å². The van der Waals surface area contributed by atoms with Gasteiger partial charge in [-0.2, -0.15) is 0 Å². The summed E-state index contributed by atoms with van der Waals surface area (Å²) in [6.07, 6.45) is 5.19. The molecule has 12 bridgehead atoms. The highest BCUT2D eigenvalue weighted by Crippen LogP contribution is 2.45. The van der Waals surface area contributed by atoms with Crippen LogP contribution in [0.3, 0.4) is 0 Å². The van der Waals surface area contributed by atoms with Crippen LogP contribution >= 0.6 is 0 Å². The molecule has 4 aliphatic rings. The van der Waals surface area contributed by atoms with E-state index >= 15 is 0 Å². The van der Waals surface area contributed by atoms with Gasteiger partial charge in [-0.15, -0.1) is 0 Å². The lowest BCUT2D eigenvalue weighted by atomic mass is 9.98. The van der Waals surface area contributed by atoms with Crippen LogP contribution in [0.4, 0.5) is 0 Å². The van der Waals surface area contributed by atoms with Crippen molar-refractivity contribution in [2.45, 2.75) is 0 Å². The maximum Gasteiger partial charge on any atom is 0.339 e. The number of ether oxygens (including phenoxy) is 8. The number of hydrogen-bond donors (Lipinski definition) is 2. The number of fused-ring (bicyclic) bond motifs is 18. The largest absolute Gasteiger partial charge is 0.489 e. The third-order valence-electron chi connectivity index (χ3n) is 14.0. The van der Waals surface area contributed by atoms with Crippen molar-refractivity contribution in [3.8, 4) is 67.5 Å². The first-order valence-electron chi connectivity index (χ1n) is 25.8. The normalized spacial score (nSPS) is 15.0. The molecule has 0 saturated carbocycles. The molecule has 19 heteroatoms. The van der Waals surface area contributed by atoms with Crippen molar-refractivity contribution in [3.05, 3.63) is 189 Å². The fourth-order valence-electron chi connectivity index (χ4n) is 10.5. The summed E-state index contributed by atoms with van der Waals surface area (Å²) >= 11 is 0. The zero-order valence-corrected chi connectivity index (χ0v) is 42.6. The highest BCUT2D eigenvalue weighted by atomic mass is 16.6. The van der Waals surface area contributed by atoms with Crippen LogP contribution in [0.15, 0.2) is 133 Å². The van der Waals surface area contributed by atoms with Crippen LogP contribution in [0, 0.1) is 10.1 Å². The number of nitrogens with zero attached hydrogens (tertiary/aromatic N) is 3. The summed E-state index contributed by atoms with van der Waals surface area (Å²) in [5.74, 6) is -3.05. The Morgan fingerprint density at radius 1 is 0.370 bits per heavy atom. The Kier molecular flexibility index (Phi) is 12.8. The third-order valence-corrected chi connectivity index (χ3v) is 14.0. The topological polar surface area (TPSA) is 243 Å². The minimum Gasteiger partial charge on any atom is -0.489 e. The predicted octanol–water partition coefficient (Wildman–Crippen LogP) is 10.8. The molecule has 8 aromatic rings. The first-order valence-corrected chi connectivity index (χ1v) is 25.8. The molecule has 19 nitrogen and oxygen atoms in total. The quantitative estimate of drug-likeness (QED) is 0.0672. The van der Waals surface area contributed by atoms with Gasteiger partial charge >= 0.3 is 23.9 Å². The monoisotopic (exact) mass is 1080 g/mol. The molecule has 81 heavy (non-hydrogen) atoms. The first kappa shape index (κ1) is 49.7. The number of carbonyl (C=O) groups excluding carboxylic acids is 4. The summed E-state index contributed by atoms with van der Waals surface area (Å²) in [7, 11) is 0. The van der Waals surface area contributed by atoms with Crippen LogP contribution in [-0.2, 0) is 18.9 Å². The number of esters is 4. The smallest absolute Gasteiger partial charge is 0.339 e. The van der Waals surface area contributed by atoms with E-state index in [4.69, 9.17) is 47.9 Å². The average Bonchev–Trinajstić information content (AvgIpc) is 4.48. The van der Waals surface area contributed by atoms with E-state index in [2.05, 4.69) is 9.97 Å². The summed E-state index contributed by atoms with van der Waals surface area (Å²) in [4.78, 5) is 88.5. The zero-order valence-electron chi connectivity index (χ0n) is 42.6. The molecule has 4 aliphatic heterocycles. The Morgan fingerprint density at radius 2 is 0.679 bits per heavy atom. The lowest BCUT2D eigenvalue weighted by molar-refractivity contribution is -0.374. The van der Waals surface area contributed by atoms with Gasteiger partial charge in [0, 0.05) is 72.7 Å². The van der Waals surface area contributed by atoms with E-state index in [0.29, 0.717) is 83.9 Å². The van der Waals surface area contributed by atoms with E-state index in [-0.39, 0.29) is 73.8 Å². The number of aromatic nitrogens is 4. The lowest BCUT2D eigenvalue weighted by Crippen LogP contribution is -2.23. The Morgan fingerprint density at radius 3 is 1.04 bits per heavy atom. The standard InChI is InChI=1S/C62H43N5O14/c68-59-38-31-40-41-32-39(38)61(70)80-29-25-76-52-15-7-3-11-36(52)56-46-20-19-44(64-46)54(34-9-1-5-13-50(34)74-23-27-78-59)42-17-18-43(63-42)55(35-10-2-6-14-51(35)75-24-28-79-60(40)69)45-21-22-47(65-45)57(58-49(67(72)73)33-48(56)66-58)37-12-4-8-16-53(37)77-26-30-81-62(41)71/h1-22,31-33,64-65H,23-30H2.